The van der Waals surface area contributed by atoms with Gasteiger partial charge in [0.1, 0.15) is 0 Å². The maximum absolute atomic E-state index is 12.4. The summed E-state index contributed by atoms with van der Waals surface area (Å²) in [6.45, 7) is 11.8. The van der Waals surface area contributed by atoms with Crippen LogP contribution in [0.1, 0.15) is 39.0 Å². The standard InChI is InChI=1S/C20H38N6O/c1-3-24-9-5-4-8-18(24)16-22-20(21-2)26-14-12-23(13-15-26)17-19(27)25-10-6-7-11-25/h18H,3-17H2,1-2H3,(H,21,22). The van der Waals surface area contributed by atoms with Gasteiger partial charge in [0, 0.05) is 58.9 Å². The Balaban J connectivity index is 1.41. The summed E-state index contributed by atoms with van der Waals surface area (Å²) in [5.41, 5.74) is 0. The van der Waals surface area contributed by atoms with Crippen LogP contribution in [-0.2, 0) is 4.79 Å². The van der Waals surface area contributed by atoms with Crippen LogP contribution in [0.3, 0.4) is 0 Å². The predicted octanol–water partition coefficient (Wildman–Crippen LogP) is 0.676. The number of hydrogen-bond donors (Lipinski definition) is 1. The van der Waals surface area contributed by atoms with Gasteiger partial charge in [-0.1, -0.05) is 13.3 Å². The molecule has 1 atom stereocenters. The third kappa shape index (κ3) is 5.57. The van der Waals surface area contributed by atoms with Gasteiger partial charge in [-0.25, -0.2) is 0 Å². The Morgan fingerprint density at radius 3 is 2.33 bits per heavy atom. The van der Waals surface area contributed by atoms with Crippen molar-refractivity contribution in [2.45, 2.75) is 45.1 Å². The van der Waals surface area contributed by atoms with Crippen LogP contribution in [0, 0.1) is 0 Å². The summed E-state index contributed by atoms with van der Waals surface area (Å²) in [5, 5.41) is 3.61. The summed E-state index contributed by atoms with van der Waals surface area (Å²) in [4.78, 5) is 26.1. The van der Waals surface area contributed by atoms with Crippen LogP contribution in [0.25, 0.3) is 0 Å². The van der Waals surface area contributed by atoms with E-state index in [2.05, 4.69) is 31.9 Å². The molecule has 0 saturated carbocycles. The highest BCUT2D eigenvalue weighted by Gasteiger charge is 2.26. The van der Waals surface area contributed by atoms with Crippen molar-refractivity contribution in [3.8, 4) is 0 Å². The van der Waals surface area contributed by atoms with E-state index in [1.807, 2.05) is 11.9 Å². The lowest BCUT2D eigenvalue weighted by Gasteiger charge is -2.38. The number of aliphatic imine (C=N–C) groups is 1. The third-order valence-electron chi connectivity index (χ3n) is 6.35. The second kappa shape index (κ2) is 10.3. The number of amides is 1. The number of rotatable bonds is 5. The number of piperidine rings is 1. The molecule has 3 heterocycles. The number of guanidine groups is 1. The van der Waals surface area contributed by atoms with Gasteiger partial charge in [-0.3, -0.25) is 19.6 Å². The van der Waals surface area contributed by atoms with Gasteiger partial charge in [-0.2, -0.15) is 0 Å². The monoisotopic (exact) mass is 378 g/mol. The lowest BCUT2D eigenvalue weighted by atomic mass is 10.0. The third-order valence-corrected chi connectivity index (χ3v) is 6.35. The maximum atomic E-state index is 12.4. The fourth-order valence-corrected chi connectivity index (χ4v) is 4.62. The molecule has 0 aromatic carbocycles. The van der Waals surface area contributed by atoms with Crippen LogP contribution >= 0.6 is 0 Å². The van der Waals surface area contributed by atoms with Crippen molar-refractivity contribution in [1.82, 2.24) is 24.9 Å². The van der Waals surface area contributed by atoms with Gasteiger partial charge in [0.15, 0.2) is 5.96 Å². The summed E-state index contributed by atoms with van der Waals surface area (Å²) in [5.74, 6) is 1.32. The Bertz CT molecular complexity index is 497. The minimum absolute atomic E-state index is 0.306. The molecule has 3 aliphatic heterocycles. The average molecular weight is 379 g/mol. The number of nitrogens with zero attached hydrogens (tertiary/aromatic N) is 5. The Morgan fingerprint density at radius 1 is 0.963 bits per heavy atom. The summed E-state index contributed by atoms with van der Waals surface area (Å²) in [7, 11) is 1.88. The van der Waals surface area contributed by atoms with Crippen molar-refractivity contribution in [1.29, 1.82) is 0 Å². The largest absolute Gasteiger partial charge is 0.355 e. The fourth-order valence-electron chi connectivity index (χ4n) is 4.62. The summed E-state index contributed by atoms with van der Waals surface area (Å²) in [6.07, 6.45) is 6.28. The quantitative estimate of drug-likeness (QED) is 0.563. The molecule has 154 valence electrons. The molecule has 7 nitrogen and oxygen atoms in total. The Morgan fingerprint density at radius 2 is 1.67 bits per heavy atom. The molecular weight excluding hydrogens is 340 g/mol. The SMILES string of the molecule is CCN1CCCCC1CNC(=NC)N1CCN(CC(=O)N2CCCC2)CC1. The lowest BCUT2D eigenvalue weighted by molar-refractivity contribution is -0.131. The molecule has 0 aromatic heterocycles. The summed E-state index contributed by atoms with van der Waals surface area (Å²) < 4.78 is 0. The van der Waals surface area contributed by atoms with Crippen LogP contribution in [0.15, 0.2) is 4.99 Å². The molecule has 0 aliphatic carbocycles. The highest BCUT2D eigenvalue weighted by atomic mass is 16.2. The molecule has 27 heavy (non-hydrogen) atoms. The van der Waals surface area contributed by atoms with E-state index in [-0.39, 0.29) is 0 Å². The predicted molar refractivity (Wildman–Crippen MR) is 110 cm³/mol. The number of carbonyl (C=O) groups excluding carboxylic acids is 1. The first-order valence-electron chi connectivity index (χ1n) is 10.9. The molecule has 1 N–H and O–H groups in total. The number of nitrogens with one attached hydrogen (secondary N) is 1. The number of carbonyl (C=O) groups is 1. The van der Waals surface area contributed by atoms with E-state index in [9.17, 15) is 4.79 Å². The number of likely N-dealkylation sites (N-methyl/N-ethyl adjacent to an activating group) is 1. The number of hydrogen-bond acceptors (Lipinski definition) is 4. The second-order valence-electron chi connectivity index (χ2n) is 8.06. The Kier molecular flexibility index (Phi) is 7.76. The first-order chi connectivity index (χ1) is 13.2. The van der Waals surface area contributed by atoms with E-state index in [0.717, 1.165) is 71.2 Å². The van der Waals surface area contributed by atoms with Gasteiger partial charge in [0.05, 0.1) is 6.54 Å². The van der Waals surface area contributed by atoms with E-state index in [0.29, 0.717) is 18.5 Å². The van der Waals surface area contributed by atoms with Crippen molar-refractivity contribution in [3.05, 3.63) is 0 Å². The summed E-state index contributed by atoms with van der Waals surface area (Å²) in [6, 6.07) is 0.625. The van der Waals surface area contributed by atoms with Crippen molar-refractivity contribution in [3.63, 3.8) is 0 Å². The molecule has 7 heteroatoms. The molecule has 3 rings (SSSR count). The first-order valence-corrected chi connectivity index (χ1v) is 10.9. The smallest absolute Gasteiger partial charge is 0.236 e. The van der Waals surface area contributed by atoms with Crippen LogP contribution in [0.2, 0.25) is 0 Å². The second-order valence-corrected chi connectivity index (χ2v) is 8.06. The first kappa shape index (κ1) is 20.4. The lowest BCUT2D eigenvalue weighted by Crippen LogP contribution is -2.55. The molecule has 3 fully saturated rings. The zero-order chi connectivity index (χ0) is 19.1. The minimum atomic E-state index is 0.306. The molecule has 3 saturated heterocycles. The van der Waals surface area contributed by atoms with Crippen LogP contribution < -0.4 is 5.32 Å². The van der Waals surface area contributed by atoms with Gasteiger partial charge >= 0.3 is 0 Å². The summed E-state index contributed by atoms with van der Waals surface area (Å²) >= 11 is 0. The fraction of sp³-hybridized carbons (Fsp3) is 0.900. The van der Waals surface area contributed by atoms with E-state index in [4.69, 9.17) is 0 Å². The zero-order valence-electron chi connectivity index (χ0n) is 17.3. The van der Waals surface area contributed by atoms with E-state index in [1.165, 1.54) is 25.8 Å². The Hall–Kier alpha value is -1.34. The number of likely N-dealkylation sites (tertiary alicyclic amines) is 2. The van der Waals surface area contributed by atoms with Gasteiger partial charge < -0.3 is 15.1 Å². The van der Waals surface area contributed by atoms with Crippen LogP contribution in [-0.4, -0.2) is 110 Å². The molecule has 1 amide bonds. The van der Waals surface area contributed by atoms with Crippen molar-refractivity contribution in [2.24, 2.45) is 4.99 Å². The van der Waals surface area contributed by atoms with Crippen molar-refractivity contribution >= 4 is 11.9 Å². The molecular formula is C20H38N6O. The van der Waals surface area contributed by atoms with Gasteiger partial charge in [-0.15, -0.1) is 0 Å². The zero-order valence-corrected chi connectivity index (χ0v) is 17.3. The molecule has 0 spiro atoms. The molecule has 0 bridgehead atoms. The van der Waals surface area contributed by atoms with Gasteiger partial charge in [-0.05, 0) is 38.8 Å². The normalized spacial score (nSPS) is 25.9. The molecule has 3 aliphatic rings. The van der Waals surface area contributed by atoms with Crippen molar-refractivity contribution in [2.75, 3.05) is 72.5 Å². The van der Waals surface area contributed by atoms with Crippen LogP contribution in [0.4, 0.5) is 0 Å². The van der Waals surface area contributed by atoms with Gasteiger partial charge in [0.25, 0.3) is 0 Å². The van der Waals surface area contributed by atoms with E-state index < -0.39 is 0 Å². The maximum Gasteiger partial charge on any atom is 0.236 e. The van der Waals surface area contributed by atoms with Crippen LogP contribution in [0.5, 0.6) is 0 Å². The molecule has 0 radical (unpaired) electrons. The number of piperazine rings is 1. The van der Waals surface area contributed by atoms with Gasteiger partial charge in [0.2, 0.25) is 5.91 Å². The van der Waals surface area contributed by atoms with Crippen molar-refractivity contribution < 1.29 is 4.79 Å². The molecule has 0 aromatic rings. The van der Waals surface area contributed by atoms with E-state index >= 15 is 0 Å². The highest BCUT2D eigenvalue weighted by Crippen LogP contribution is 2.16. The Labute approximate surface area is 164 Å². The topological polar surface area (TPSA) is 54.4 Å². The molecule has 1 unspecified atom stereocenters. The average Bonchev–Trinajstić information content (AvgIpc) is 3.25. The van der Waals surface area contributed by atoms with E-state index in [1.54, 1.807) is 0 Å². The minimum Gasteiger partial charge on any atom is -0.355 e. The highest BCUT2D eigenvalue weighted by molar-refractivity contribution is 5.80.